The molecule has 1 amide bonds. The average Bonchev–Trinajstić information content (AvgIpc) is 2.77. The van der Waals surface area contributed by atoms with Crippen molar-refractivity contribution in [2.24, 2.45) is 0 Å². The molecule has 0 spiro atoms. The fourth-order valence-electron chi connectivity index (χ4n) is 2.74. The Morgan fingerprint density at radius 2 is 2.00 bits per heavy atom. The molecule has 0 aliphatic carbocycles. The Bertz CT molecular complexity index is 881. The highest BCUT2D eigenvalue weighted by Gasteiger charge is 2.18. The van der Waals surface area contributed by atoms with Gasteiger partial charge in [-0.3, -0.25) is 4.79 Å². The molecule has 25 heavy (non-hydrogen) atoms. The first-order valence-electron chi connectivity index (χ1n) is 8.00. The molecule has 2 aromatic carbocycles. The molecule has 132 valence electrons. The number of hydrogen-bond acceptors (Lipinski definition) is 5. The normalized spacial score (nSPS) is 14.5. The summed E-state index contributed by atoms with van der Waals surface area (Å²) >= 11 is 1.81. The van der Waals surface area contributed by atoms with Crippen LogP contribution in [0.2, 0.25) is 0 Å². The first kappa shape index (κ1) is 17.8. The number of sulfone groups is 1. The van der Waals surface area contributed by atoms with Crippen LogP contribution in [0.15, 0.2) is 58.3 Å². The van der Waals surface area contributed by atoms with Gasteiger partial charge in [-0.1, -0.05) is 18.2 Å². The lowest BCUT2D eigenvalue weighted by Crippen LogP contribution is -2.34. The van der Waals surface area contributed by atoms with E-state index in [2.05, 4.69) is 16.3 Å². The van der Waals surface area contributed by atoms with Gasteiger partial charge >= 0.3 is 0 Å². The molecule has 1 aliphatic heterocycles. The molecule has 0 saturated heterocycles. The van der Waals surface area contributed by atoms with E-state index in [9.17, 15) is 13.2 Å². The van der Waals surface area contributed by atoms with Gasteiger partial charge in [-0.25, -0.2) is 8.42 Å². The van der Waals surface area contributed by atoms with Crippen molar-refractivity contribution < 1.29 is 13.2 Å². The van der Waals surface area contributed by atoms with E-state index in [4.69, 9.17) is 0 Å². The number of benzene rings is 2. The van der Waals surface area contributed by atoms with Crippen LogP contribution in [-0.4, -0.2) is 39.4 Å². The van der Waals surface area contributed by atoms with Crippen LogP contribution in [0.3, 0.4) is 0 Å². The quantitative estimate of drug-likeness (QED) is 0.888. The Morgan fingerprint density at radius 1 is 1.20 bits per heavy atom. The molecule has 0 bridgehead atoms. The minimum atomic E-state index is -3.30. The standard InChI is InChI=1S/C18H20N2O3S2/c1-25(22,23)15-7-4-6-14(12-15)19-18(21)13-20-10-5-11-24-17-9-3-2-8-16(17)20/h2-4,6-9,12H,5,10-11,13H2,1H3,(H,19,21). The Hall–Kier alpha value is -1.99. The van der Waals surface area contributed by atoms with E-state index in [0.29, 0.717) is 5.69 Å². The number of rotatable bonds is 4. The number of carbonyl (C=O) groups excluding carboxylic acids is 1. The number of fused-ring (bicyclic) bond motifs is 1. The molecule has 1 heterocycles. The van der Waals surface area contributed by atoms with Crippen molar-refractivity contribution in [1.29, 1.82) is 0 Å². The topological polar surface area (TPSA) is 66.5 Å². The molecule has 0 fully saturated rings. The van der Waals surface area contributed by atoms with Gasteiger partial charge in [0.2, 0.25) is 5.91 Å². The zero-order chi connectivity index (χ0) is 17.9. The number of amides is 1. The van der Waals surface area contributed by atoms with E-state index >= 15 is 0 Å². The van der Waals surface area contributed by atoms with Crippen molar-refractivity contribution >= 4 is 38.9 Å². The van der Waals surface area contributed by atoms with E-state index in [1.54, 1.807) is 12.1 Å². The molecule has 3 rings (SSSR count). The zero-order valence-corrected chi connectivity index (χ0v) is 15.6. The van der Waals surface area contributed by atoms with Crippen molar-refractivity contribution in [2.45, 2.75) is 16.2 Å². The summed E-state index contributed by atoms with van der Waals surface area (Å²) in [7, 11) is -3.30. The summed E-state index contributed by atoms with van der Waals surface area (Å²) in [6, 6.07) is 14.4. The number of hydrogen-bond donors (Lipinski definition) is 1. The second-order valence-electron chi connectivity index (χ2n) is 5.94. The molecule has 0 atom stereocenters. The van der Waals surface area contributed by atoms with Gasteiger partial charge in [0.05, 0.1) is 17.1 Å². The second-order valence-corrected chi connectivity index (χ2v) is 9.09. The van der Waals surface area contributed by atoms with Crippen LogP contribution >= 0.6 is 11.8 Å². The van der Waals surface area contributed by atoms with Gasteiger partial charge in [0.15, 0.2) is 9.84 Å². The number of nitrogens with zero attached hydrogens (tertiary/aromatic N) is 1. The summed E-state index contributed by atoms with van der Waals surface area (Å²) in [4.78, 5) is 15.9. The third kappa shape index (κ3) is 4.55. The first-order chi connectivity index (χ1) is 11.9. The van der Waals surface area contributed by atoms with E-state index in [1.807, 2.05) is 30.0 Å². The van der Waals surface area contributed by atoms with Crippen molar-refractivity contribution in [3.05, 3.63) is 48.5 Å². The second kappa shape index (κ2) is 7.49. The molecule has 0 saturated carbocycles. The SMILES string of the molecule is CS(=O)(=O)c1cccc(NC(=O)CN2CCCSc3ccccc32)c1. The molecule has 1 N–H and O–H groups in total. The monoisotopic (exact) mass is 376 g/mol. The van der Waals surface area contributed by atoms with Crippen molar-refractivity contribution in [2.75, 3.05) is 35.3 Å². The molecule has 7 heteroatoms. The maximum absolute atomic E-state index is 12.5. The molecule has 2 aromatic rings. The first-order valence-corrected chi connectivity index (χ1v) is 10.9. The lowest BCUT2D eigenvalue weighted by Gasteiger charge is -2.23. The Kier molecular flexibility index (Phi) is 5.34. The number of carbonyl (C=O) groups is 1. The van der Waals surface area contributed by atoms with Gasteiger partial charge in [-0.05, 0) is 42.5 Å². The fourth-order valence-corrected chi connectivity index (χ4v) is 4.42. The predicted octanol–water partition coefficient (Wildman–Crippen LogP) is 3.03. The average molecular weight is 377 g/mol. The van der Waals surface area contributed by atoms with Crippen molar-refractivity contribution in [3.63, 3.8) is 0 Å². The summed E-state index contributed by atoms with van der Waals surface area (Å²) in [5.41, 5.74) is 1.57. The van der Waals surface area contributed by atoms with Crippen LogP contribution in [-0.2, 0) is 14.6 Å². The minimum Gasteiger partial charge on any atom is -0.361 e. The summed E-state index contributed by atoms with van der Waals surface area (Å²) in [6.45, 7) is 1.06. The highest BCUT2D eigenvalue weighted by molar-refractivity contribution is 7.99. The number of nitrogens with one attached hydrogen (secondary N) is 1. The molecular formula is C18H20N2O3S2. The van der Waals surface area contributed by atoms with E-state index in [0.717, 1.165) is 30.7 Å². The summed E-state index contributed by atoms with van der Waals surface area (Å²) < 4.78 is 23.3. The van der Waals surface area contributed by atoms with Gasteiger partial charge < -0.3 is 10.2 Å². The van der Waals surface area contributed by atoms with Crippen molar-refractivity contribution in [1.82, 2.24) is 0 Å². The fraction of sp³-hybridized carbons (Fsp3) is 0.278. The van der Waals surface area contributed by atoms with E-state index in [-0.39, 0.29) is 17.3 Å². The van der Waals surface area contributed by atoms with E-state index < -0.39 is 9.84 Å². The molecule has 0 unspecified atom stereocenters. The highest BCUT2D eigenvalue weighted by Crippen LogP contribution is 2.33. The largest absolute Gasteiger partial charge is 0.361 e. The van der Waals surface area contributed by atoms with Gasteiger partial charge in [0, 0.05) is 23.4 Å². The Balaban J connectivity index is 1.73. The molecule has 1 aliphatic rings. The van der Waals surface area contributed by atoms with Crippen LogP contribution in [0, 0.1) is 0 Å². The van der Waals surface area contributed by atoms with Gasteiger partial charge in [-0.15, -0.1) is 11.8 Å². The maximum Gasteiger partial charge on any atom is 0.243 e. The third-order valence-corrected chi connectivity index (χ3v) is 6.18. The smallest absolute Gasteiger partial charge is 0.243 e. The van der Waals surface area contributed by atoms with E-state index in [1.165, 1.54) is 17.0 Å². The lowest BCUT2D eigenvalue weighted by molar-refractivity contribution is -0.115. The van der Waals surface area contributed by atoms with Gasteiger partial charge in [-0.2, -0.15) is 0 Å². The lowest BCUT2D eigenvalue weighted by atomic mass is 10.2. The summed E-state index contributed by atoms with van der Waals surface area (Å²) in [5.74, 6) is 0.873. The number of para-hydroxylation sites is 1. The summed E-state index contributed by atoms with van der Waals surface area (Å²) in [6.07, 6.45) is 2.16. The van der Waals surface area contributed by atoms with Gasteiger partial charge in [0.25, 0.3) is 0 Å². The van der Waals surface area contributed by atoms with Crippen LogP contribution < -0.4 is 10.2 Å². The van der Waals surface area contributed by atoms with Crippen LogP contribution in [0.1, 0.15) is 6.42 Å². The minimum absolute atomic E-state index is 0.160. The number of thioether (sulfide) groups is 1. The number of anilines is 2. The third-order valence-electron chi connectivity index (χ3n) is 3.92. The molecule has 0 aromatic heterocycles. The van der Waals surface area contributed by atoms with Crippen molar-refractivity contribution in [3.8, 4) is 0 Å². The highest BCUT2D eigenvalue weighted by atomic mass is 32.2. The van der Waals surface area contributed by atoms with Gasteiger partial charge in [0.1, 0.15) is 0 Å². The maximum atomic E-state index is 12.5. The zero-order valence-electron chi connectivity index (χ0n) is 13.9. The van der Waals surface area contributed by atoms with Crippen LogP contribution in [0.25, 0.3) is 0 Å². The Labute approximate surface area is 152 Å². The molecule has 5 nitrogen and oxygen atoms in total. The molecular weight excluding hydrogens is 356 g/mol. The van der Waals surface area contributed by atoms with Crippen LogP contribution in [0.4, 0.5) is 11.4 Å². The molecule has 0 radical (unpaired) electrons. The Morgan fingerprint density at radius 3 is 2.80 bits per heavy atom. The van der Waals surface area contributed by atoms with Crippen LogP contribution in [0.5, 0.6) is 0 Å². The summed E-state index contributed by atoms with van der Waals surface area (Å²) in [5, 5.41) is 2.80. The predicted molar refractivity (Wildman–Crippen MR) is 102 cm³/mol.